The number of carbonyl (C=O) groups excluding carboxylic acids is 2. The fourth-order valence-corrected chi connectivity index (χ4v) is 5.59. The standard InChI is InChI=1S/C27H29N5O4S/c1-35-20-14-19(15-21(16-20)36-2)32(25(33)17-31-23-11-6-5-10-22(23)29-30-31)26(24-12-7-13-37-24)27(34)28-18-8-3-4-9-18/h5-7,10-16,18,26H,3-4,8-9,17H2,1-2H3,(H,28,34)/t26-/m1/s1. The molecule has 1 saturated carbocycles. The molecular weight excluding hydrogens is 490 g/mol. The van der Waals surface area contributed by atoms with E-state index >= 15 is 0 Å². The van der Waals surface area contributed by atoms with Crippen molar-refractivity contribution in [3.8, 4) is 11.5 Å². The van der Waals surface area contributed by atoms with Crippen LogP contribution in [0.4, 0.5) is 5.69 Å². The first-order chi connectivity index (χ1) is 18.1. The van der Waals surface area contributed by atoms with E-state index in [0.29, 0.717) is 22.7 Å². The van der Waals surface area contributed by atoms with Gasteiger partial charge in [0.05, 0.1) is 25.4 Å². The number of para-hydroxylation sites is 1. The number of thiophene rings is 1. The second-order valence-electron chi connectivity index (χ2n) is 8.98. The Morgan fingerprint density at radius 2 is 1.81 bits per heavy atom. The van der Waals surface area contributed by atoms with Gasteiger partial charge in [0.1, 0.15) is 29.6 Å². The maximum absolute atomic E-state index is 14.1. The van der Waals surface area contributed by atoms with E-state index in [4.69, 9.17) is 9.47 Å². The van der Waals surface area contributed by atoms with Gasteiger partial charge in [0.25, 0.3) is 0 Å². The van der Waals surface area contributed by atoms with Gasteiger partial charge in [-0.2, -0.15) is 0 Å². The Hall–Kier alpha value is -3.92. The summed E-state index contributed by atoms with van der Waals surface area (Å²) in [6.45, 7) is -0.0986. The predicted molar refractivity (Wildman–Crippen MR) is 142 cm³/mol. The molecule has 2 aromatic carbocycles. The fourth-order valence-electron chi connectivity index (χ4n) is 4.78. The molecule has 192 valence electrons. The molecule has 4 aromatic rings. The van der Waals surface area contributed by atoms with Crippen LogP contribution in [0.2, 0.25) is 0 Å². The van der Waals surface area contributed by atoms with Crippen molar-refractivity contribution in [1.82, 2.24) is 20.3 Å². The first-order valence-corrected chi connectivity index (χ1v) is 13.1. The molecule has 2 amide bonds. The van der Waals surface area contributed by atoms with Crippen molar-refractivity contribution in [3.63, 3.8) is 0 Å². The molecular formula is C27H29N5O4S. The second kappa shape index (κ2) is 11.0. The molecule has 0 saturated heterocycles. The van der Waals surface area contributed by atoms with E-state index in [-0.39, 0.29) is 24.4 Å². The largest absolute Gasteiger partial charge is 0.497 e. The number of methoxy groups -OCH3 is 2. The Balaban J connectivity index is 1.59. The summed E-state index contributed by atoms with van der Waals surface area (Å²) in [7, 11) is 3.10. The van der Waals surface area contributed by atoms with Crippen molar-refractivity contribution in [3.05, 3.63) is 64.9 Å². The maximum Gasteiger partial charge on any atom is 0.249 e. The van der Waals surface area contributed by atoms with Crippen molar-refractivity contribution in [2.24, 2.45) is 0 Å². The Kier molecular flexibility index (Phi) is 7.36. The molecule has 9 nitrogen and oxygen atoms in total. The minimum atomic E-state index is -0.875. The molecule has 1 aliphatic rings. The molecule has 1 fully saturated rings. The molecule has 0 spiro atoms. The summed E-state index contributed by atoms with van der Waals surface area (Å²) in [5.74, 6) is 0.498. The number of fused-ring (bicyclic) bond motifs is 1. The van der Waals surface area contributed by atoms with Gasteiger partial charge in [0.2, 0.25) is 11.8 Å². The van der Waals surface area contributed by atoms with Crippen LogP contribution < -0.4 is 19.7 Å². The minimum Gasteiger partial charge on any atom is -0.497 e. The first-order valence-electron chi connectivity index (χ1n) is 12.2. The monoisotopic (exact) mass is 519 g/mol. The molecule has 0 bridgehead atoms. The summed E-state index contributed by atoms with van der Waals surface area (Å²) in [5, 5.41) is 13.5. The number of aromatic nitrogens is 3. The number of nitrogens with zero attached hydrogens (tertiary/aromatic N) is 4. The van der Waals surface area contributed by atoms with Crippen LogP contribution in [-0.4, -0.2) is 47.1 Å². The molecule has 2 aromatic heterocycles. The Morgan fingerprint density at radius 3 is 2.49 bits per heavy atom. The lowest BCUT2D eigenvalue weighted by atomic mass is 10.1. The molecule has 0 unspecified atom stereocenters. The van der Waals surface area contributed by atoms with Crippen LogP contribution in [0.15, 0.2) is 60.0 Å². The predicted octanol–water partition coefficient (Wildman–Crippen LogP) is 4.34. The highest BCUT2D eigenvalue weighted by Gasteiger charge is 2.36. The van der Waals surface area contributed by atoms with Crippen LogP contribution in [-0.2, 0) is 16.1 Å². The number of nitrogens with one attached hydrogen (secondary N) is 1. The van der Waals surface area contributed by atoms with E-state index in [1.54, 1.807) is 37.1 Å². The van der Waals surface area contributed by atoms with Crippen LogP contribution in [0.25, 0.3) is 11.0 Å². The molecule has 1 N–H and O–H groups in total. The van der Waals surface area contributed by atoms with Gasteiger partial charge in [-0.3, -0.25) is 14.5 Å². The molecule has 37 heavy (non-hydrogen) atoms. The van der Waals surface area contributed by atoms with Gasteiger partial charge < -0.3 is 14.8 Å². The Morgan fingerprint density at radius 1 is 1.08 bits per heavy atom. The second-order valence-corrected chi connectivity index (χ2v) is 9.96. The molecule has 0 radical (unpaired) electrons. The maximum atomic E-state index is 14.1. The average molecular weight is 520 g/mol. The minimum absolute atomic E-state index is 0.0986. The van der Waals surface area contributed by atoms with Crippen LogP contribution in [0.1, 0.15) is 36.6 Å². The molecule has 1 atom stereocenters. The highest BCUT2D eigenvalue weighted by atomic mass is 32.1. The SMILES string of the molecule is COc1cc(OC)cc(N(C(=O)Cn2nnc3ccccc32)[C@@H](C(=O)NC2CCCC2)c2cccs2)c1. The van der Waals surface area contributed by atoms with Crippen LogP contribution in [0.3, 0.4) is 0 Å². The van der Waals surface area contributed by atoms with Crippen molar-refractivity contribution >= 4 is 39.9 Å². The zero-order chi connectivity index (χ0) is 25.8. The number of rotatable bonds is 9. The fraction of sp³-hybridized carbons (Fsp3) is 0.333. The van der Waals surface area contributed by atoms with Gasteiger partial charge in [-0.05, 0) is 36.4 Å². The van der Waals surface area contributed by atoms with Crippen LogP contribution in [0, 0.1) is 0 Å². The zero-order valence-corrected chi connectivity index (χ0v) is 21.6. The highest BCUT2D eigenvalue weighted by Crippen LogP contribution is 2.36. The quantitative estimate of drug-likeness (QED) is 0.353. The third kappa shape index (κ3) is 5.29. The van der Waals surface area contributed by atoms with Crippen LogP contribution in [0.5, 0.6) is 11.5 Å². The summed E-state index contributed by atoms with van der Waals surface area (Å²) in [4.78, 5) is 30.2. The van der Waals surface area contributed by atoms with Gasteiger partial charge in [0, 0.05) is 29.1 Å². The first kappa shape index (κ1) is 24.8. The summed E-state index contributed by atoms with van der Waals surface area (Å²) in [6, 6.07) is 15.7. The van der Waals surface area contributed by atoms with Gasteiger partial charge >= 0.3 is 0 Å². The summed E-state index contributed by atoms with van der Waals surface area (Å²) in [5.41, 5.74) is 1.92. The number of benzene rings is 2. The van der Waals surface area contributed by atoms with Gasteiger partial charge in [-0.1, -0.05) is 36.3 Å². The van der Waals surface area contributed by atoms with E-state index in [1.165, 1.54) is 16.2 Å². The Bertz CT molecular complexity index is 1360. The van der Waals surface area contributed by atoms with Gasteiger partial charge in [-0.25, -0.2) is 4.68 Å². The van der Waals surface area contributed by atoms with Gasteiger partial charge in [0.15, 0.2) is 0 Å². The molecule has 0 aliphatic heterocycles. The number of hydrogen-bond acceptors (Lipinski definition) is 7. The average Bonchev–Trinajstić information content (AvgIpc) is 3.70. The van der Waals surface area contributed by atoms with E-state index in [0.717, 1.165) is 36.1 Å². The third-order valence-corrected chi connectivity index (χ3v) is 7.53. The summed E-state index contributed by atoms with van der Waals surface area (Å²) >= 11 is 1.44. The Labute approximate surface area is 219 Å². The lowest BCUT2D eigenvalue weighted by Crippen LogP contribution is -2.47. The zero-order valence-electron chi connectivity index (χ0n) is 20.8. The summed E-state index contributed by atoms with van der Waals surface area (Å²) in [6.07, 6.45) is 4.05. The lowest BCUT2D eigenvalue weighted by Gasteiger charge is -2.32. The van der Waals surface area contributed by atoms with Crippen LogP contribution >= 0.6 is 11.3 Å². The van der Waals surface area contributed by atoms with Crippen molar-refractivity contribution in [1.29, 1.82) is 0 Å². The lowest BCUT2D eigenvalue weighted by molar-refractivity contribution is -0.127. The van der Waals surface area contributed by atoms with Gasteiger partial charge in [-0.15, -0.1) is 16.4 Å². The third-order valence-electron chi connectivity index (χ3n) is 6.61. The highest BCUT2D eigenvalue weighted by molar-refractivity contribution is 7.10. The number of anilines is 1. The van der Waals surface area contributed by atoms with Crippen molar-refractivity contribution in [2.75, 3.05) is 19.1 Å². The molecule has 5 rings (SSSR count). The van der Waals surface area contributed by atoms with Crippen molar-refractivity contribution in [2.45, 2.75) is 44.3 Å². The normalized spacial score (nSPS) is 14.4. The van der Waals surface area contributed by atoms with E-state index in [1.807, 2.05) is 41.8 Å². The number of ether oxygens (including phenoxy) is 2. The molecule has 10 heteroatoms. The smallest absolute Gasteiger partial charge is 0.249 e. The topological polar surface area (TPSA) is 98.6 Å². The summed E-state index contributed by atoms with van der Waals surface area (Å²) < 4.78 is 12.5. The van der Waals surface area contributed by atoms with E-state index < -0.39 is 6.04 Å². The number of amides is 2. The van der Waals surface area contributed by atoms with E-state index in [9.17, 15) is 9.59 Å². The molecule has 2 heterocycles. The van der Waals surface area contributed by atoms with Crippen molar-refractivity contribution < 1.29 is 19.1 Å². The number of hydrogen-bond donors (Lipinski definition) is 1. The number of carbonyl (C=O) groups is 2. The van der Waals surface area contributed by atoms with E-state index in [2.05, 4.69) is 15.6 Å². The molecule has 1 aliphatic carbocycles.